The molecule has 1 aromatic carbocycles. The Morgan fingerprint density at radius 1 is 0.879 bits per heavy atom. The molecule has 33 heavy (non-hydrogen) atoms. The Kier molecular flexibility index (Phi) is 8.70. The Hall–Kier alpha value is -2.47. The van der Waals surface area contributed by atoms with Crippen LogP contribution >= 0.6 is 0 Å². The lowest BCUT2D eigenvalue weighted by Crippen LogP contribution is -2.34. The van der Waals surface area contributed by atoms with Gasteiger partial charge in [-0.25, -0.2) is 0 Å². The Labute approximate surface area is 198 Å². The molecule has 6 heteroatoms. The molecular weight excluding hydrogens is 410 g/mol. The number of hydrogen-bond acceptors (Lipinski definition) is 5. The second kappa shape index (κ2) is 12.1. The SMILES string of the molecule is CC(=O)Nc1ccc(-c2ccc(NCC3CCCN(CC4CCCCC4)CCC3)nn2)cc1. The van der Waals surface area contributed by atoms with Crippen LogP contribution in [0.3, 0.4) is 0 Å². The molecule has 178 valence electrons. The van der Waals surface area contributed by atoms with Gasteiger partial charge < -0.3 is 15.5 Å². The first-order chi connectivity index (χ1) is 16.2. The molecule has 1 aliphatic heterocycles. The molecule has 0 bridgehead atoms. The average molecular weight is 450 g/mol. The Balaban J connectivity index is 1.20. The van der Waals surface area contributed by atoms with Crippen molar-refractivity contribution in [1.82, 2.24) is 15.1 Å². The number of anilines is 2. The van der Waals surface area contributed by atoms with E-state index in [0.29, 0.717) is 5.92 Å². The topological polar surface area (TPSA) is 70.2 Å². The molecule has 1 aromatic heterocycles. The van der Waals surface area contributed by atoms with Gasteiger partial charge in [0.15, 0.2) is 0 Å². The first kappa shape index (κ1) is 23.7. The van der Waals surface area contributed by atoms with Gasteiger partial charge in [0, 0.05) is 31.3 Å². The van der Waals surface area contributed by atoms with E-state index in [2.05, 4.69) is 25.7 Å². The minimum Gasteiger partial charge on any atom is -0.368 e. The van der Waals surface area contributed by atoms with Crippen LogP contribution in [0.15, 0.2) is 36.4 Å². The lowest BCUT2D eigenvalue weighted by atomic mass is 9.88. The van der Waals surface area contributed by atoms with Crippen LogP contribution in [-0.4, -0.2) is 47.2 Å². The van der Waals surface area contributed by atoms with E-state index in [1.807, 2.05) is 36.4 Å². The summed E-state index contributed by atoms with van der Waals surface area (Å²) in [5, 5.41) is 15.1. The molecule has 2 N–H and O–H groups in total. The van der Waals surface area contributed by atoms with E-state index in [4.69, 9.17) is 0 Å². The maximum absolute atomic E-state index is 11.2. The third-order valence-electron chi connectivity index (χ3n) is 7.15. The van der Waals surface area contributed by atoms with Crippen molar-refractivity contribution in [1.29, 1.82) is 0 Å². The summed E-state index contributed by atoms with van der Waals surface area (Å²) in [5.41, 5.74) is 2.61. The Morgan fingerprint density at radius 2 is 1.58 bits per heavy atom. The molecule has 1 saturated heterocycles. The van der Waals surface area contributed by atoms with E-state index in [-0.39, 0.29) is 5.91 Å². The zero-order valence-electron chi connectivity index (χ0n) is 20.1. The minimum absolute atomic E-state index is 0.0703. The molecule has 0 unspecified atom stereocenters. The Morgan fingerprint density at radius 3 is 2.21 bits per heavy atom. The molecule has 2 heterocycles. The number of nitrogens with one attached hydrogen (secondary N) is 2. The largest absolute Gasteiger partial charge is 0.368 e. The lowest BCUT2D eigenvalue weighted by Gasteiger charge is -2.32. The van der Waals surface area contributed by atoms with Crippen LogP contribution in [0.5, 0.6) is 0 Å². The van der Waals surface area contributed by atoms with Crippen molar-refractivity contribution in [3.05, 3.63) is 36.4 Å². The highest BCUT2D eigenvalue weighted by Gasteiger charge is 2.20. The monoisotopic (exact) mass is 449 g/mol. The van der Waals surface area contributed by atoms with Crippen LogP contribution in [0.1, 0.15) is 64.7 Å². The number of nitrogens with zero attached hydrogens (tertiary/aromatic N) is 3. The zero-order valence-corrected chi connectivity index (χ0v) is 20.1. The summed E-state index contributed by atoms with van der Waals surface area (Å²) < 4.78 is 0. The number of aromatic nitrogens is 2. The van der Waals surface area contributed by atoms with Crippen LogP contribution in [0.25, 0.3) is 11.3 Å². The summed E-state index contributed by atoms with van der Waals surface area (Å²) in [5.74, 6) is 2.44. The molecule has 0 spiro atoms. The van der Waals surface area contributed by atoms with Crippen molar-refractivity contribution in [2.45, 2.75) is 64.7 Å². The van der Waals surface area contributed by atoms with E-state index in [1.54, 1.807) is 0 Å². The van der Waals surface area contributed by atoms with Crippen molar-refractivity contribution < 1.29 is 4.79 Å². The quantitative estimate of drug-likeness (QED) is 0.577. The molecule has 1 aliphatic carbocycles. The fourth-order valence-corrected chi connectivity index (χ4v) is 5.34. The normalized spacial score (nSPS) is 18.9. The Bertz CT molecular complexity index is 851. The van der Waals surface area contributed by atoms with E-state index >= 15 is 0 Å². The molecule has 6 nitrogen and oxygen atoms in total. The minimum atomic E-state index is -0.0703. The van der Waals surface area contributed by atoms with Gasteiger partial charge in [0.25, 0.3) is 0 Å². The molecule has 2 aromatic rings. The number of hydrogen-bond donors (Lipinski definition) is 2. The van der Waals surface area contributed by atoms with Gasteiger partial charge in [0.2, 0.25) is 5.91 Å². The molecule has 2 aliphatic rings. The highest BCUT2D eigenvalue weighted by atomic mass is 16.1. The van der Waals surface area contributed by atoms with Crippen LogP contribution in [0.2, 0.25) is 0 Å². The smallest absolute Gasteiger partial charge is 0.221 e. The first-order valence-corrected chi connectivity index (χ1v) is 12.8. The summed E-state index contributed by atoms with van der Waals surface area (Å²) in [6.45, 7) is 6.35. The number of likely N-dealkylation sites (tertiary alicyclic amines) is 1. The van der Waals surface area contributed by atoms with Gasteiger partial charge in [-0.1, -0.05) is 31.4 Å². The molecule has 0 atom stereocenters. The lowest BCUT2D eigenvalue weighted by molar-refractivity contribution is -0.114. The average Bonchev–Trinajstić information content (AvgIpc) is 2.81. The maximum Gasteiger partial charge on any atom is 0.221 e. The molecule has 2 fully saturated rings. The molecular formula is C27H39N5O. The van der Waals surface area contributed by atoms with Gasteiger partial charge in [-0.15, -0.1) is 10.2 Å². The second-order valence-corrected chi connectivity index (χ2v) is 9.90. The van der Waals surface area contributed by atoms with E-state index in [9.17, 15) is 4.79 Å². The van der Waals surface area contributed by atoms with Gasteiger partial charge in [0.1, 0.15) is 5.82 Å². The van der Waals surface area contributed by atoms with Gasteiger partial charge >= 0.3 is 0 Å². The van der Waals surface area contributed by atoms with Crippen LogP contribution in [0, 0.1) is 11.8 Å². The first-order valence-electron chi connectivity index (χ1n) is 12.8. The van der Waals surface area contributed by atoms with E-state index in [0.717, 1.165) is 35.2 Å². The number of carbonyl (C=O) groups excluding carboxylic acids is 1. The second-order valence-electron chi connectivity index (χ2n) is 9.90. The molecule has 0 radical (unpaired) electrons. The van der Waals surface area contributed by atoms with Crippen LogP contribution < -0.4 is 10.6 Å². The van der Waals surface area contributed by atoms with Gasteiger partial charge in [0.05, 0.1) is 5.69 Å². The van der Waals surface area contributed by atoms with Gasteiger partial charge in [-0.3, -0.25) is 4.79 Å². The summed E-state index contributed by atoms with van der Waals surface area (Å²) in [4.78, 5) is 13.9. The predicted octanol–water partition coefficient (Wildman–Crippen LogP) is 5.59. The third-order valence-corrected chi connectivity index (χ3v) is 7.15. The maximum atomic E-state index is 11.2. The third kappa shape index (κ3) is 7.53. The number of rotatable bonds is 7. The van der Waals surface area contributed by atoms with E-state index < -0.39 is 0 Å². The van der Waals surface area contributed by atoms with E-state index in [1.165, 1.54) is 84.3 Å². The number of amides is 1. The summed E-state index contributed by atoms with van der Waals surface area (Å²) in [6.07, 6.45) is 12.4. The van der Waals surface area contributed by atoms with Gasteiger partial charge in [-0.2, -0.15) is 0 Å². The summed E-state index contributed by atoms with van der Waals surface area (Å²) in [6, 6.07) is 11.7. The van der Waals surface area contributed by atoms with Crippen molar-refractivity contribution in [2.75, 3.05) is 36.8 Å². The summed E-state index contributed by atoms with van der Waals surface area (Å²) >= 11 is 0. The fraction of sp³-hybridized carbons (Fsp3) is 0.593. The standard InChI is InChI=1S/C27H39N5O/c1-21(33)29-25-13-11-24(12-14-25)26-15-16-27(31-30-26)28-19-22-9-5-17-32(18-6-10-22)20-23-7-3-2-4-8-23/h11-16,22-23H,2-10,17-20H2,1H3,(H,28,31)(H,29,33). The number of benzene rings is 1. The highest BCUT2D eigenvalue weighted by Crippen LogP contribution is 2.26. The van der Waals surface area contributed by atoms with Crippen molar-refractivity contribution in [3.8, 4) is 11.3 Å². The number of carbonyl (C=O) groups is 1. The van der Waals surface area contributed by atoms with Crippen molar-refractivity contribution >= 4 is 17.4 Å². The predicted molar refractivity (Wildman–Crippen MR) is 135 cm³/mol. The summed E-state index contributed by atoms with van der Waals surface area (Å²) in [7, 11) is 0. The fourth-order valence-electron chi connectivity index (χ4n) is 5.34. The highest BCUT2D eigenvalue weighted by molar-refractivity contribution is 5.88. The zero-order chi connectivity index (χ0) is 22.9. The van der Waals surface area contributed by atoms with Crippen molar-refractivity contribution in [3.63, 3.8) is 0 Å². The van der Waals surface area contributed by atoms with Crippen LogP contribution in [0.4, 0.5) is 11.5 Å². The molecule has 4 rings (SSSR count). The molecule has 1 saturated carbocycles. The van der Waals surface area contributed by atoms with Crippen LogP contribution in [-0.2, 0) is 4.79 Å². The molecule has 1 amide bonds. The van der Waals surface area contributed by atoms with Gasteiger partial charge in [-0.05, 0) is 87.7 Å². The van der Waals surface area contributed by atoms with Crippen molar-refractivity contribution in [2.24, 2.45) is 11.8 Å².